The molecule has 2 heteroatoms. The number of ether oxygens (including phenoxy) is 1. The number of benzene rings is 2. The minimum atomic E-state index is 0. The van der Waals surface area contributed by atoms with Gasteiger partial charge in [0, 0.05) is 13.2 Å². The van der Waals surface area contributed by atoms with Crippen molar-refractivity contribution in [2.24, 2.45) is 0 Å². The van der Waals surface area contributed by atoms with Crippen molar-refractivity contribution in [2.75, 3.05) is 13.2 Å². The van der Waals surface area contributed by atoms with Crippen molar-refractivity contribution in [3.8, 4) is 0 Å². The molecule has 1 aliphatic rings. The summed E-state index contributed by atoms with van der Waals surface area (Å²) in [7, 11) is 0. The molecule has 0 atom stereocenters. The van der Waals surface area contributed by atoms with E-state index in [0.29, 0.717) is 0 Å². The Morgan fingerprint density at radius 3 is 1.31 bits per heavy atom. The van der Waals surface area contributed by atoms with E-state index in [1.54, 1.807) is 0 Å². The summed E-state index contributed by atoms with van der Waals surface area (Å²) < 4.78 is 4.94. The van der Waals surface area contributed by atoms with Gasteiger partial charge in [0.1, 0.15) is 0 Å². The molecule has 2 aromatic carbocycles. The normalized spacial score (nSPS) is 13.8. The average Bonchev–Trinajstić information content (AvgIpc) is 2.88. The van der Waals surface area contributed by atoms with E-state index in [9.17, 15) is 0 Å². The number of hydrogen-bond donors (Lipinski definition) is 0. The van der Waals surface area contributed by atoms with Crippen LogP contribution in [0.25, 0.3) is 10.8 Å². The summed E-state index contributed by atoms with van der Waals surface area (Å²) in [5, 5.41) is 2.62. The number of rotatable bonds is 0. The van der Waals surface area contributed by atoms with E-state index in [0.717, 1.165) is 13.2 Å². The Balaban J connectivity index is 0.000000183. The van der Waals surface area contributed by atoms with Gasteiger partial charge in [0.05, 0.1) is 0 Å². The molecule has 1 fully saturated rings. The second kappa shape index (κ2) is 7.52. The molecule has 1 saturated heterocycles. The van der Waals surface area contributed by atoms with Gasteiger partial charge >= 0.3 is 18.9 Å². The molecular weight excluding hydrogens is 191 g/mol. The topological polar surface area (TPSA) is 9.23 Å². The first-order valence-corrected chi connectivity index (χ1v) is 5.48. The van der Waals surface area contributed by atoms with E-state index in [1.165, 1.54) is 23.6 Å². The van der Waals surface area contributed by atoms with Crippen LogP contribution in [0.1, 0.15) is 12.8 Å². The van der Waals surface area contributed by atoms with Crippen LogP contribution in [0, 0.1) is 0 Å². The molecular formula is C14H17LiO. The second-order valence-corrected chi connectivity index (χ2v) is 3.67. The van der Waals surface area contributed by atoms with Crippen LogP contribution in [0.5, 0.6) is 0 Å². The van der Waals surface area contributed by atoms with Gasteiger partial charge in [0.2, 0.25) is 0 Å². The SMILES string of the molecule is C1CCOC1.[LiH].c1ccc2ccccc2c1. The first kappa shape index (κ1) is 13.3. The van der Waals surface area contributed by atoms with Crippen molar-refractivity contribution in [1.29, 1.82) is 0 Å². The van der Waals surface area contributed by atoms with E-state index in [2.05, 4.69) is 48.5 Å². The van der Waals surface area contributed by atoms with Gasteiger partial charge in [-0.05, 0) is 23.6 Å². The van der Waals surface area contributed by atoms with Gasteiger partial charge in [0.15, 0.2) is 0 Å². The number of fused-ring (bicyclic) bond motifs is 1. The molecule has 0 aromatic heterocycles. The average molecular weight is 208 g/mol. The van der Waals surface area contributed by atoms with Crippen molar-refractivity contribution in [3.05, 3.63) is 48.5 Å². The van der Waals surface area contributed by atoms with E-state index < -0.39 is 0 Å². The Morgan fingerprint density at radius 2 is 1.06 bits per heavy atom. The Kier molecular flexibility index (Phi) is 6.26. The van der Waals surface area contributed by atoms with Crippen LogP contribution < -0.4 is 0 Å². The maximum atomic E-state index is 4.94. The van der Waals surface area contributed by atoms with Crippen LogP contribution in [-0.2, 0) is 4.74 Å². The van der Waals surface area contributed by atoms with Gasteiger partial charge in [-0.15, -0.1) is 0 Å². The third-order valence-electron chi connectivity index (χ3n) is 2.49. The van der Waals surface area contributed by atoms with Crippen molar-refractivity contribution >= 4 is 29.6 Å². The Labute approximate surface area is 109 Å². The van der Waals surface area contributed by atoms with E-state index in [-0.39, 0.29) is 18.9 Å². The van der Waals surface area contributed by atoms with Crippen molar-refractivity contribution in [2.45, 2.75) is 12.8 Å². The molecule has 80 valence electrons. The zero-order valence-corrected chi connectivity index (χ0v) is 8.86. The van der Waals surface area contributed by atoms with Crippen molar-refractivity contribution in [1.82, 2.24) is 0 Å². The summed E-state index contributed by atoms with van der Waals surface area (Å²) in [6, 6.07) is 16.7. The van der Waals surface area contributed by atoms with Gasteiger partial charge in [0.25, 0.3) is 0 Å². The molecule has 2 aromatic rings. The van der Waals surface area contributed by atoms with Gasteiger partial charge in [-0.25, -0.2) is 0 Å². The monoisotopic (exact) mass is 208 g/mol. The maximum absolute atomic E-state index is 4.94. The van der Waals surface area contributed by atoms with Crippen LogP contribution >= 0.6 is 0 Å². The predicted octanol–water partition coefficient (Wildman–Crippen LogP) is 2.99. The summed E-state index contributed by atoms with van der Waals surface area (Å²) in [6.45, 7) is 2.00. The van der Waals surface area contributed by atoms with E-state index in [1.807, 2.05) is 0 Å². The first-order chi connectivity index (χ1) is 7.47. The van der Waals surface area contributed by atoms with Crippen LogP contribution in [-0.4, -0.2) is 32.1 Å². The fourth-order valence-corrected chi connectivity index (χ4v) is 1.64. The molecule has 0 unspecified atom stereocenters. The van der Waals surface area contributed by atoms with Crippen molar-refractivity contribution in [3.63, 3.8) is 0 Å². The fourth-order valence-electron chi connectivity index (χ4n) is 1.64. The smallest absolute Gasteiger partial charge is 0.0184 e. The molecule has 1 heterocycles. The number of hydrogen-bond acceptors (Lipinski definition) is 1. The molecule has 3 rings (SSSR count). The Morgan fingerprint density at radius 1 is 0.688 bits per heavy atom. The molecule has 1 nitrogen and oxygen atoms in total. The third kappa shape index (κ3) is 4.02. The fraction of sp³-hybridized carbons (Fsp3) is 0.286. The van der Waals surface area contributed by atoms with Crippen molar-refractivity contribution < 1.29 is 4.74 Å². The molecule has 16 heavy (non-hydrogen) atoms. The Bertz CT molecular complexity index is 337. The zero-order chi connectivity index (χ0) is 10.3. The largest absolute Gasteiger partial charge is 0.0616 e. The summed E-state index contributed by atoms with van der Waals surface area (Å²) in [6.07, 6.45) is 2.56. The molecule has 0 amide bonds. The standard InChI is InChI=1S/C10H8.C4H8O.Li.H/c1-2-6-10-8-4-3-7-9(10)5-1;1-2-4-5-3-1;;/h1-8H;1-4H2;;. The van der Waals surface area contributed by atoms with Crippen LogP contribution in [0.15, 0.2) is 48.5 Å². The van der Waals surface area contributed by atoms with Crippen LogP contribution in [0.2, 0.25) is 0 Å². The summed E-state index contributed by atoms with van der Waals surface area (Å²) in [4.78, 5) is 0. The maximum Gasteiger partial charge on any atom is -0.0184 e. The van der Waals surface area contributed by atoms with Crippen LogP contribution in [0.4, 0.5) is 0 Å². The predicted molar refractivity (Wildman–Crippen MR) is 71.2 cm³/mol. The summed E-state index contributed by atoms with van der Waals surface area (Å²) >= 11 is 0. The first-order valence-electron chi connectivity index (χ1n) is 5.48. The molecule has 0 saturated carbocycles. The summed E-state index contributed by atoms with van der Waals surface area (Å²) in [5.74, 6) is 0. The second-order valence-electron chi connectivity index (χ2n) is 3.67. The quantitative estimate of drug-likeness (QED) is 0.605. The molecule has 0 spiro atoms. The Hall–Kier alpha value is -0.743. The minimum Gasteiger partial charge on any atom is -0.0616 e. The zero-order valence-electron chi connectivity index (χ0n) is 8.86. The summed E-state index contributed by atoms with van der Waals surface area (Å²) in [5.41, 5.74) is 0. The molecule has 1 aliphatic heterocycles. The molecule has 0 bridgehead atoms. The van der Waals surface area contributed by atoms with Gasteiger partial charge in [-0.3, -0.25) is 0 Å². The van der Waals surface area contributed by atoms with Gasteiger partial charge < -0.3 is 4.74 Å². The minimum absolute atomic E-state index is 0. The van der Waals surface area contributed by atoms with Gasteiger partial charge in [-0.1, -0.05) is 48.5 Å². The van der Waals surface area contributed by atoms with Crippen LogP contribution in [0.3, 0.4) is 0 Å². The molecule has 0 N–H and O–H groups in total. The van der Waals surface area contributed by atoms with E-state index in [4.69, 9.17) is 4.74 Å². The van der Waals surface area contributed by atoms with Gasteiger partial charge in [-0.2, -0.15) is 0 Å². The third-order valence-corrected chi connectivity index (χ3v) is 2.49. The molecule has 0 radical (unpaired) electrons. The molecule has 0 aliphatic carbocycles. The van der Waals surface area contributed by atoms with E-state index >= 15 is 0 Å².